The summed E-state index contributed by atoms with van der Waals surface area (Å²) in [6.45, 7) is 3.28. The second kappa shape index (κ2) is 6.59. The maximum absolute atomic E-state index is 13.6. The molecular weight excluding hydrogens is 361 g/mol. The van der Waals surface area contributed by atoms with Gasteiger partial charge in [-0.2, -0.15) is 0 Å². The fraction of sp³-hybridized carbons (Fsp3) is 0. The zero-order valence-corrected chi connectivity index (χ0v) is 12.9. The predicted octanol–water partition coefficient (Wildman–Crippen LogP) is 3.42. The summed E-state index contributed by atoms with van der Waals surface area (Å²) in [5.41, 5.74) is 0.296. The Morgan fingerprint density at radius 1 is 1.38 bits per heavy atom. The van der Waals surface area contributed by atoms with Crippen molar-refractivity contribution < 1.29 is 14.0 Å². The van der Waals surface area contributed by atoms with E-state index < -0.39 is 17.6 Å². The summed E-state index contributed by atoms with van der Waals surface area (Å²) in [6, 6.07) is 3.85. The number of carbonyl (C=O) groups excluding carboxylic acids is 2. The van der Waals surface area contributed by atoms with Crippen LogP contribution >= 0.6 is 27.3 Å². The quantitative estimate of drug-likeness (QED) is 0.811. The van der Waals surface area contributed by atoms with Gasteiger partial charge in [0.05, 0.1) is 5.69 Å². The van der Waals surface area contributed by atoms with Gasteiger partial charge in [-0.1, -0.05) is 6.58 Å². The lowest BCUT2D eigenvalue weighted by Crippen LogP contribution is -2.13. The van der Waals surface area contributed by atoms with Crippen LogP contribution < -0.4 is 10.6 Å². The second-order valence-corrected chi connectivity index (χ2v) is 5.49. The molecule has 5 nitrogen and oxygen atoms in total. The molecule has 108 valence electrons. The number of nitrogens with zero attached hydrogens (tertiary/aromatic N) is 1. The Labute approximate surface area is 132 Å². The smallest absolute Gasteiger partial charge is 0.284 e. The average Bonchev–Trinajstić information content (AvgIpc) is 2.89. The van der Waals surface area contributed by atoms with Crippen molar-refractivity contribution in [1.29, 1.82) is 0 Å². The third kappa shape index (κ3) is 3.96. The van der Waals surface area contributed by atoms with Gasteiger partial charge in [0.2, 0.25) is 5.91 Å². The highest BCUT2D eigenvalue weighted by atomic mass is 79.9. The van der Waals surface area contributed by atoms with E-state index in [0.29, 0.717) is 10.3 Å². The number of nitrogens with one attached hydrogen (secondary N) is 2. The fourth-order valence-corrected chi connectivity index (χ4v) is 2.57. The van der Waals surface area contributed by atoms with E-state index in [1.54, 1.807) is 5.38 Å². The summed E-state index contributed by atoms with van der Waals surface area (Å²) in [4.78, 5) is 27.1. The monoisotopic (exact) mass is 369 g/mol. The van der Waals surface area contributed by atoms with E-state index in [2.05, 4.69) is 38.1 Å². The van der Waals surface area contributed by atoms with Crippen LogP contribution in [0.15, 0.2) is 40.8 Å². The molecule has 0 fully saturated rings. The minimum absolute atomic E-state index is 0.0435. The van der Waals surface area contributed by atoms with Crippen molar-refractivity contribution >= 4 is 50.5 Å². The van der Waals surface area contributed by atoms with Gasteiger partial charge in [-0.3, -0.25) is 9.59 Å². The van der Waals surface area contributed by atoms with E-state index in [4.69, 9.17) is 0 Å². The molecular formula is C13H9BrFN3O2S. The Balaban J connectivity index is 2.17. The van der Waals surface area contributed by atoms with Gasteiger partial charge in [0.1, 0.15) is 10.4 Å². The van der Waals surface area contributed by atoms with Gasteiger partial charge in [0.25, 0.3) is 5.91 Å². The summed E-state index contributed by atoms with van der Waals surface area (Å²) in [5.74, 6) is -1.57. The summed E-state index contributed by atoms with van der Waals surface area (Å²) >= 11 is 4.33. The number of benzene rings is 1. The normalized spacial score (nSPS) is 10.0. The highest BCUT2D eigenvalue weighted by Crippen LogP contribution is 2.21. The molecule has 21 heavy (non-hydrogen) atoms. The van der Waals surface area contributed by atoms with Crippen LogP contribution in [0, 0.1) is 5.82 Å². The van der Waals surface area contributed by atoms with Crippen molar-refractivity contribution in [2.45, 2.75) is 0 Å². The van der Waals surface area contributed by atoms with E-state index in [0.717, 1.165) is 12.1 Å². The van der Waals surface area contributed by atoms with Crippen LogP contribution in [0.3, 0.4) is 0 Å². The van der Waals surface area contributed by atoms with E-state index >= 15 is 0 Å². The van der Waals surface area contributed by atoms with Gasteiger partial charge >= 0.3 is 0 Å². The molecule has 2 N–H and O–H groups in total. The Hall–Kier alpha value is -2.06. The van der Waals surface area contributed by atoms with E-state index in [1.165, 1.54) is 23.5 Å². The van der Waals surface area contributed by atoms with Crippen LogP contribution in [0.2, 0.25) is 0 Å². The Morgan fingerprint density at radius 2 is 2.14 bits per heavy atom. The summed E-state index contributed by atoms with van der Waals surface area (Å²) in [6.07, 6.45) is 1.03. The molecule has 0 saturated carbocycles. The molecule has 1 heterocycles. The first-order valence-corrected chi connectivity index (χ1v) is 7.32. The van der Waals surface area contributed by atoms with Crippen LogP contribution in [-0.4, -0.2) is 16.8 Å². The van der Waals surface area contributed by atoms with Crippen molar-refractivity contribution in [2.24, 2.45) is 0 Å². The first kappa shape index (κ1) is 15.3. The van der Waals surface area contributed by atoms with Crippen LogP contribution in [0.1, 0.15) is 9.80 Å². The lowest BCUT2D eigenvalue weighted by Gasteiger charge is -2.08. The second-order valence-electron chi connectivity index (χ2n) is 3.82. The number of anilines is 2. The molecule has 0 bridgehead atoms. The maximum Gasteiger partial charge on any atom is 0.284 e. The Bertz CT molecular complexity index is 717. The minimum atomic E-state index is -0.611. The van der Waals surface area contributed by atoms with Gasteiger partial charge in [-0.15, -0.1) is 11.3 Å². The average molecular weight is 370 g/mol. The summed E-state index contributed by atoms with van der Waals surface area (Å²) in [7, 11) is 0. The van der Waals surface area contributed by atoms with E-state index in [-0.39, 0.29) is 10.7 Å². The predicted molar refractivity (Wildman–Crippen MR) is 83.0 cm³/mol. The summed E-state index contributed by atoms with van der Waals surface area (Å²) < 4.78 is 14.1. The zero-order chi connectivity index (χ0) is 15.4. The molecule has 8 heteroatoms. The molecule has 2 aromatic rings. The molecule has 1 aromatic heterocycles. The number of hydrogen-bond acceptors (Lipinski definition) is 4. The van der Waals surface area contributed by atoms with Gasteiger partial charge in [-0.05, 0) is 40.2 Å². The molecule has 0 spiro atoms. The first-order valence-electron chi connectivity index (χ1n) is 5.65. The van der Waals surface area contributed by atoms with Gasteiger partial charge < -0.3 is 10.6 Å². The topological polar surface area (TPSA) is 71.1 Å². The minimum Gasteiger partial charge on any atom is -0.320 e. The number of aromatic nitrogens is 1. The third-order valence-corrected chi connectivity index (χ3v) is 3.89. The van der Waals surface area contributed by atoms with Crippen LogP contribution in [0.4, 0.5) is 15.8 Å². The zero-order valence-electron chi connectivity index (χ0n) is 10.5. The Morgan fingerprint density at radius 3 is 2.76 bits per heavy atom. The molecule has 0 unspecified atom stereocenters. The number of amides is 2. The number of halogens is 2. The molecule has 0 radical (unpaired) electrons. The Kier molecular flexibility index (Phi) is 4.81. The van der Waals surface area contributed by atoms with Gasteiger partial charge in [0.15, 0.2) is 5.01 Å². The maximum atomic E-state index is 13.6. The van der Waals surface area contributed by atoms with E-state index in [9.17, 15) is 14.0 Å². The van der Waals surface area contributed by atoms with Crippen molar-refractivity contribution in [3.63, 3.8) is 0 Å². The number of rotatable bonds is 4. The van der Waals surface area contributed by atoms with Gasteiger partial charge in [-0.25, -0.2) is 9.37 Å². The number of thiazole rings is 1. The largest absolute Gasteiger partial charge is 0.320 e. The molecule has 0 atom stereocenters. The van der Waals surface area contributed by atoms with Crippen LogP contribution in [0.25, 0.3) is 0 Å². The first-order chi connectivity index (χ1) is 9.99. The fourth-order valence-electron chi connectivity index (χ4n) is 1.43. The molecule has 0 aliphatic heterocycles. The van der Waals surface area contributed by atoms with Gasteiger partial charge in [0, 0.05) is 11.1 Å². The molecule has 0 aliphatic rings. The standard InChI is InChI=1S/C13H9BrFN3O2S/c1-2-11(19)17-9-5-7(3-4-8(9)15)16-12(20)13-18-10(14)6-21-13/h2-6H,1H2,(H,16,20)(H,17,19). The van der Waals surface area contributed by atoms with Crippen molar-refractivity contribution in [3.8, 4) is 0 Å². The SMILES string of the molecule is C=CC(=O)Nc1cc(NC(=O)c2nc(Br)cs2)ccc1F. The lowest BCUT2D eigenvalue weighted by molar-refractivity contribution is -0.111. The van der Waals surface area contributed by atoms with Crippen LogP contribution in [0.5, 0.6) is 0 Å². The molecule has 1 aromatic carbocycles. The number of carbonyl (C=O) groups is 2. The lowest BCUT2D eigenvalue weighted by atomic mass is 10.2. The summed E-state index contributed by atoms with van der Waals surface area (Å²) in [5, 5.41) is 6.83. The molecule has 0 aliphatic carbocycles. The van der Waals surface area contributed by atoms with E-state index in [1.807, 2.05) is 0 Å². The highest BCUT2D eigenvalue weighted by Gasteiger charge is 2.12. The third-order valence-electron chi connectivity index (χ3n) is 2.34. The highest BCUT2D eigenvalue weighted by molar-refractivity contribution is 9.10. The molecule has 2 rings (SSSR count). The van der Waals surface area contributed by atoms with Crippen molar-refractivity contribution in [1.82, 2.24) is 4.98 Å². The number of hydrogen-bond donors (Lipinski definition) is 2. The van der Waals surface area contributed by atoms with Crippen molar-refractivity contribution in [2.75, 3.05) is 10.6 Å². The molecule has 2 amide bonds. The molecule has 0 saturated heterocycles. The van der Waals surface area contributed by atoms with Crippen molar-refractivity contribution in [3.05, 3.63) is 51.7 Å². The van der Waals surface area contributed by atoms with Crippen LogP contribution in [-0.2, 0) is 4.79 Å².